The molecule has 4 heterocycles. The molecule has 4 rings (SSSR count). The van der Waals surface area contributed by atoms with Gasteiger partial charge >= 0.3 is 0 Å². The highest BCUT2D eigenvalue weighted by Crippen LogP contribution is 2.24. The summed E-state index contributed by atoms with van der Waals surface area (Å²) in [5.41, 5.74) is 1.28. The molecule has 1 amide bonds. The second-order valence-electron chi connectivity index (χ2n) is 8.19. The normalized spacial score (nSPS) is 21.9. The second kappa shape index (κ2) is 9.93. The van der Waals surface area contributed by atoms with Gasteiger partial charge in [-0.05, 0) is 56.9 Å². The number of hydrogen-bond donors (Lipinski definition) is 1. The fourth-order valence-corrected chi connectivity index (χ4v) is 4.53. The van der Waals surface area contributed by atoms with E-state index in [0.717, 1.165) is 45.6 Å². The van der Waals surface area contributed by atoms with Crippen molar-refractivity contribution in [2.45, 2.75) is 44.8 Å². The van der Waals surface area contributed by atoms with Gasteiger partial charge in [-0.25, -0.2) is 0 Å². The van der Waals surface area contributed by atoms with Crippen molar-refractivity contribution in [2.75, 3.05) is 32.7 Å². The molecule has 2 fully saturated rings. The van der Waals surface area contributed by atoms with E-state index in [1.54, 1.807) is 12.7 Å². The minimum absolute atomic E-state index is 0.109. The molecule has 0 saturated carbocycles. The van der Waals surface area contributed by atoms with Crippen molar-refractivity contribution in [3.05, 3.63) is 42.7 Å². The average molecular weight is 398 g/mol. The molecule has 0 aliphatic carbocycles. The number of piperidine rings is 2. The summed E-state index contributed by atoms with van der Waals surface area (Å²) in [5, 5.41) is 10.7. The van der Waals surface area contributed by atoms with Gasteiger partial charge in [-0.15, -0.1) is 10.2 Å². The minimum Gasteiger partial charge on any atom is -0.354 e. The molecule has 0 aromatic carbocycles. The number of carbonyl (C=O) groups is 1. The van der Waals surface area contributed by atoms with Gasteiger partial charge in [0.1, 0.15) is 12.7 Å². The molecule has 1 unspecified atom stereocenters. The van der Waals surface area contributed by atoms with Gasteiger partial charge in [-0.3, -0.25) is 19.6 Å². The number of aromatic nitrogens is 4. The molecule has 2 aliphatic heterocycles. The highest BCUT2D eigenvalue weighted by atomic mass is 16.1. The molecule has 0 bridgehead atoms. The quantitative estimate of drug-likeness (QED) is 0.756. The standard InChI is InChI=1S/C21H31N7O/c29-21(23-8-12-27-16-24-25-17-27)19-4-2-9-28(15-19)20-5-10-26(11-6-20)14-18-3-1-7-22-13-18/h1,3,7,13,16-17,19-20H,2,4-6,8-12,14-15H2,(H,23,29). The smallest absolute Gasteiger partial charge is 0.224 e. The highest BCUT2D eigenvalue weighted by Gasteiger charge is 2.31. The van der Waals surface area contributed by atoms with Crippen molar-refractivity contribution in [3.63, 3.8) is 0 Å². The Balaban J connectivity index is 1.20. The van der Waals surface area contributed by atoms with Crippen LogP contribution in [-0.4, -0.2) is 74.2 Å². The number of nitrogens with zero attached hydrogens (tertiary/aromatic N) is 6. The number of pyridine rings is 1. The third kappa shape index (κ3) is 5.61. The van der Waals surface area contributed by atoms with Crippen LogP contribution in [0.5, 0.6) is 0 Å². The van der Waals surface area contributed by atoms with E-state index in [1.165, 1.54) is 18.4 Å². The third-order valence-corrected chi connectivity index (χ3v) is 6.16. The van der Waals surface area contributed by atoms with Crippen LogP contribution in [-0.2, 0) is 17.9 Å². The Kier molecular flexibility index (Phi) is 6.84. The van der Waals surface area contributed by atoms with Crippen LogP contribution in [0.3, 0.4) is 0 Å². The van der Waals surface area contributed by atoms with Gasteiger partial charge in [0.05, 0.1) is 5.92 Å². The van der Waals surface area contributed by atoms with E-state index in [1.807, 2.05) is 23.0 Å². The van der Waals surface area contributed by atoms with Gasteiger partial charge in [0.25, 0.3) is 0 Å². The average Bonchev–Trinajstić information content (AvgIpc) is 3.29. The first-order valence-corrected chi connectivity index (χ1v) is 10.7. The molecule has 0 radical (unpaired) electrons. The first-order valence-electron chi connectivity index (χ1n) is 10.7. The molecule has 2 saturated heterocycles. The summed E-state index contributed by atoms with van der Waals surface area (Å²) in [4.78, 5) is 21.9. The Morgan fingerprint density at radius 3 is 2.72 bits per heavy atom. The minimum atomic E-state index is 0.109. The molecule has 156 valence electrons. The number of hydrogen-bond acceptors (Lipinski definition) is 6. The number of carbonyl (C=O) groups excluding carboxylic acids is 1. The van der Waals surface area contributed by atoms with Crippen LogP contribution in [0.2, 0.25) is 0 Å². The van der Waals surface area contributed by atoms with Crippen molar-refractivity contribution in [3.8, 4) is 0 Å². The Hall–Kier alpha value is -2.32. The fourth-order valence-electron chi connectivity index (χ4n) is 4.53. The van der Waals surface area contributed by atoms with Crippen LogP contribution in [0.25, 0.3) is 0 Å². The third-order valence-electron chi connectivity index (χ3n) is 6.16. The van der Waals surface area contributed by atoms with E-state index in [4.69, 9.17) is 0 Å². The summed E-state index contributed by atoms with van der Waals surface area (Å²) < 4.78 is 1.88. The van der Waals surface area contributed by atoms with E-state index in [-0.39, 0.29) is 11.8 Å². The zero-order valence-corrected chi connectivity index (χ0v) is 17.0. The van der Waals surface area contributed by atoms with Crippen LogP contribution in [0.15, 0.2) is 37.2 Å². The van der Waals surface area contributed by atoms with E-state index in [0.29, 0.717) is 19.1 Å². The maximum absolute atomic E-state index is 12.6. The lowest BCUT2D eigenvalue weighted by Crippen LogP contribution is -2.50. The topological polar surface area (TPSA) is 79.2 Å². The molecule has 8 heteroatoms. The molecule has 2 aromatic rings. The number of nitrogens with one attached hydrogen (secondary N) is 1. The predicted molar refractivity (Wildman–Crippen MR) is 110 cm³/mol. The van der Waals surface area contributed by atoms with Gasteiger partial charge in [-0.2, -0.15) is 0 Å². The van der Waals surface area contributed by atoms with Crippen LogP contribution in [0.1, 0.15) is 31.2 Å². The summed E-state index contributed by atoms with van der Waals surface area (Å²) in [5.74, 6) is 0.301. The number of likely N-dealkylation sites (tertiary alicyclic amines) is 2. The van der Waals surface area contributed by atoms with Crippen molar-refractivity contribution in [1.82, 2.24) is 34.9 Å². The zero-order chi connectivity index (χ0) is 19.9. The molecule has 2 aromatic heterocycles. The fraction of sp³-hybridized carbons (Fsp3) is 0.619. The maximum Gasteiger partial charge on any atom is 0.224 e. The summed E-state index contributed by atoms with van der Waals surface area (Å²) in [6, 6.07) is 4.76. The van der Waals surface area contributed by atoms with E-state index in [9.17, 15) is 4.79 Å². The lowest BCUT2D eigenvalue weighted by molar-refractivity contribution is -0.127. The van der Waals surface area contributed by atoms with E-state index >= 15 is 0 Å². The Labute approximate surface area is 172 Å². The van der Waals surface area contributed by atoms with Crippen LogP contribution in [0.4, 0.5) is 0 Å². The van der Waals surface area contributed by atoms with Gasteiger partial charge < -0.3 is 9.88 Å². The maximum atomic E-state index is 12.6. The van der Waals surface area contributed by atoms with Crippen molar-refractivity contribution in [2.24, 2.45) is 5.92 Å². The summed E-state index contributed by atoms with van der Waals surface area (Å²) in [6.45, 7) is 6.57. The van der Waals surface area contributed by atoms with Crippen molar-refractivity contribution in [1.29, 1.82) is 0 Å². The zero-order valence-electron chi connectivity index (χ0n) is 17.0. The van der Waals surface area contributed by atoms with Gasteiger partial charge in [-0.1, -0.05) is 6.07 Å². The van der Waals surface area contributed by atoms with E-state index < -0.39 is 0 Å². The Morgan fingerprint density at radius 2 is 1.97 bits per heavy atom. The molecule has 29 heavy (non-hydrogen) atoms. The first kappa shape index (κ1) is 20.0. The van der Waals surface area contributed by atoms with Crippen LogP contribution in [0, 0.1) is 5.92 Å². The molecular formula is C21H31N7O. The SMILES string of the molecule is O=C(NCCn1cnnc1)C1CCCN(C2CCN(Cc3cccnc3)CC2)C1. The van der Waals surface area contributed by atoms with Crippen LogP contribution < -0.4 is 5.32 Å². The largest absolute Gasteiger partial charge is 0.354 e. The van der Waals surface area contributed by atoms with Crippen LogP contribution >= 0.6 is 0 Å². The molecule has 8 nitrogen and oxygen atoms in total. The molecular weight excluding hydrogens is 366 g/mol. The molecule has 1 N–H and O–H groups in total. The number of amides is 1. The lowest BCUT2D eigenvalue weighted by atomic mass is 9.93. The van der Waals surface area contributed by atoms with Gasteiger partial charge in [0, 0.05) is 44.6 Å². The second-order valence-corrected chi connectivity index (χ2v) is 8.19. The number of rotatable bonds is 7. The lowest BCUT2D eigenvalue weighted by Gasteiger charge is -2.42. The summed E-state index contributed by atoms with van der Waals surface area (Å²) in [7, 11) is 0. The first-order chi connectivity index (χ1) is 14.3. The summed E-state index contributed by atoms with van der Waals surface area (Å²) >= 11 is 0. The van der Waals surface area contributed by atoms with Gasteiger partial charge in [0.15, 0.2) is 0 Å². The molecule has 1 atom stereocenters. The molecule has 0 spiro atoms. The predicted octanol–water partition coefficient (Wildman–Crippen LogP) is 1.17. The van der Waals surface area contributed by atoms with Crippen molar-refractivity contribution >= 4 is 5.91 Å². The molecule has 2 aliphatic rings. The van der Waals surface area contributed by atoms with Gasteiger partial charge in [0.2, 0.25) is 5.91 Å². The van der Waals surface area contributed by atoms with Crippen molar-refractivity contribution < 1.29 is 4.79 Å². The Morgan fingerprint density at radius 1 is 1.14 bits per heavy atom. The summed E-state index contributed by atoms with van der Waals surface area (Å²) in [6.07, 6.45) is 11.6. The Bertz CT molecular complexity index is 744. The monoisotopic (exact) mass is 397 g/mol. The highest BCUT2D eigenvalue weighted by molar-refractivity contribution is 5.78. The van der Waals surface area contributed by atoms with E-state index in [2.05, 4.69) is 36.4 Å².